The van der Waals surface area contributed by atoms with Gasteiger partial charge in [0.1, 0.15) is 4.21 Å². The Labute approximate surface area is 164 Å². The Bertz CT molecular complexity index is 790. The lowest BCUT2D eigenvalue weighted by atomic mass is 9.99. The first-order chi connectivity index (χ1) is 12.9. The first-order valence-electron chi connectivity index (χ1n) is 9.50. The summed E-state index contributed by atoms with van der Waals surface area (Å²) >= 11 is 1.26. The van der Waals surface area contributed by atoms with Crippen LogP contribution in [0.1, 0.15) is 37.0 Å². The van der Waals surface area contributed by atoms with Crippen molar-refractivity contribution in [2.75, 3.05) is 32.7 Å². The number of likely N-dealkylation sites (tertiary alicyclic amines) is 1. The lowest BCUT2D eigenvalue weighted by Crippen LogP contribution is -2.45. The topological polar surface area (TPSA) is 86.8 Å². The zero-order valence-corrected chi connectivity index (χ0v) is 17.3. The number of thiophene rings is 1. The smallest absolute Gasteiger partial charge is 0.252 e. The molecule has 0 spiro atoms. The van der Waals surface area contributed by atoms with E-state index < -0.39 is 10.0 Å². The van der Waals surface area contributed by atoms with Crippen molar-refractivity contribution in [3.05, 3.63) is 17.0 Å². The summed E-state index contributed by atoms with van der Waals surface area (Å²) in [5, 5.41) is 2.91. The third kappa shape index (κ3) is 4.89. The van der Waals surface area contributed by atoms with Crippen molar-refractivity contribution in [3.63, 3.8) is 0 Å². The van der Waals surface area contributed by atoms with Crippen LogP contribution in [-0.4, -0.2) is 62.2 Å². The van der Waals surface area contributed by atoms with Gasteiger partial charge in [0, 0.05) is 44.0 Å². The highest BCUT2D eigenvalue weighted by molar-refractivity contribution is 7.91. The number of carbonyl (C=O) groups is 2. The summed E-state index contributed by atoms with van der Waals surface area (Å²) in [4.78, 5) is 26.8. The Morgan fingerprint density at radius 2 is 2.11 bits per heavy atom. The van der Waals surface area contributed by atoms with Crippen LogP contribution in [0.2, 0.25) is 0 Å². The van der Waals surface area contributed by atoms with Crippen LogP contribution >= 0.6 is 11.3 Å². The minimum absolute atomic E-state index is 0.0926. The van der Waals surface area contributed by atoms with E-state index in [0.29, 0.717) is 43.1 Å². The Kier molecular flexibility index (Phi) is 6.54. The van der Waals surface area contributed by atoms with Gasteiger partial charge in [0.25, 0.3) is 10.0 Å². The number of carbonyl (C=O) groups excluding carboxylic acids is 2. The summed E-state index contributed by atoms with van der Waals surface area (Å²) in [6, 6.07) is 3.44. The molecule has 3 rings (SSSR count). The van der Waals surface area contributed by atoms with Gasteiger partial charge in [0.05, 0.1) is 5.92 Å². The number of hydrogen-bond acceptors (Lipinski definition) is 5. The highest BCUT2D eigenvalue weighted by Gasteiger charge is 2.33. The first-order valence-corrected chi connectivity index (χ1v) is 11.8. The normalized spacial score (nSPS) is 21.6. The van der Waals surface area contributed by atoms with Crippen LogP contribution in [0.5, 0.6) is 0 Å². The molecule has 0 saturated carbocycles. The van der Waals surface area contributed by atoms with E-state index in [1.165, 1.54) is 15.6 Å². The monoisotopic (exact) mass is 413 g/mol. The van der Waals surface area contributed by atoms with Crippen molar-refractivity contribution in [2.24, 2.45) is 5.92 Å². The van der Waals surface area contributed by atoms with Gasteiger partial charge in [-0.25, -0.2) is 8.42 Å². The molecule has 27 heavy (non-hydrogen) atoms. The largest absolute Gasteiger partial charge is 0.356 e. The molecule has 1 unspecified atom stereocenters. The predicted molar refractivity (Wildman–Crippen MR) is 104 cm³/mol. The van der Waals surface area contributed by atoms with Crippen LogP contribution in [0.4, 0.5) is 0 Å². The Balaban J connectivity index is 1.48. The standard InChI is InChI=1S/C18H27N3O4S2/c1-14-7-8-17(26-14)27(24,25)21-12-2-5-15(13-21)18(23)19-9-4-11-20-10-3-6-16(20)22/h7-8,15H,2-6,9-13H2,1H3,(H,19,23). The summed E-state index contributed by atoms with van der Waals surface area (Å²) in [5.74, 6) is -0.216. The summed E-state index contributed by atoms with van der Waals surface area (Å²) in [6.45, 7) is 4.56. The minimum Gasteiger partial charge on any atom is -0.356 e. The molecule has 1 aromatic rings. The molecule has 0 bridgehead atoms. The maximum atomic E-state index is 12.8. The number of nitrogens with zero attached hydrogens (tertiary/aromatic N) is 2. The molecule has 0 aromatic carbocycles. The second-order valence-corrected chi connectivity index (χ2v) is 10.6. The van der Waals surface area contributed by atoms with E-state index in [9.17, 15) is 18.0 Å². The van der Waals surface area contributed by atoms with Crippen LogP contribution in [-0.2, 0) is 19.6 Å². The second kappa shape index (κ2) is 8.70. The summed E-state index contributed by atoms with van der Waals surface area (Å²) in [5.41, 5.74) is 0. The van der Waals surface area contributed by atoms with E-state index in [0.717, 1.165) is 24.3 Å². The van der Waals surface area contributed by atoms with Crippen molar-refractivity contribution >= 4 is 33.2 Å². The van der Waals surface area contributed by atoms with Gasteiger partial charge in [-0.3, -0.25) is 9.59 Å². The van der Waals surface area contributed by atoms with Gasteiger partial charge in [0.15, 0.2) is 0 Å². The maximum absolute atomic E-state index is 12.8. The Morgan fingerprint density at radius 1 is 1.30 bits per heavy atom. The number of nitrogens with one attached hydrogen (secondary N) is 1. The second-order valence-electron chi connectivity index (χ2n) is 7.20. The zero-order valence-electron chi connectivity index (χ0n) is 15.6. The molecule has 1 N–H and O–H groups in total. The van der Waals surface area contributed by atoms with Crippen LogP contribution in [0.25, 0.3) is 0 Å². The highest BCUT2D eigenvalue weighted by Crippen LogP contribution is 2.28. The van der Waals surface area contributed by atoms with Crippen LogP contribution in [0.3, 0.4) is 0 Å². The van der Waals surface area contributed by atoms with Gasteiger partial charge in [-0.1, -0.05) is 0 Å². The maximum Gasteiger partial charge on any atom is 0.252 e. The van der Waals surface area contributed by atoms with E-state index in [1.54, 1.807) is 12.1 Å². The molecule has 1 aromatic heterocycles. The van der Waals surface area contributed by atoms with Crippen molar-refractivity contribution in [1.82, 2.24) is 14.5 Å². The van der Waals surface area contributed by atoms with Crippen molar-refractivity contribution in [1.29, 1.82) is 0 Å². The molecule has 7 nitrogen and oxygen atoms in total. The van der Waals surface area contributed by atoms with Crippen molar-refractivity contribution in [2.45, 2.75) is 43.2 Å². The highest BCUT2D eigenvalue weighted by atomic mass is 32.2. The molecule has 9 heteroatoms. The molecule has 2 fully saturated rings. The van der Waals surface area contributed by atoms with E-state index in [-0.39, 0.29) is 24.3 Å². The third-order valence-electron chi connectivity index (χ3n) is 5.14. The SMILES string of the molecule is Cc1ccc(S(=O)(=O)N2CCCC(C(=O)NCCCN3CCCC3=O)C2)s1. The van der Waals surface area contributed by atoms with Gasteiger partial charge in [0.2, 0.25) is 11.8 Å². The number of sulfonamides is 1. The van der Waals surface area contributed by atoms with Gasteiger partial charge >= 0.3 is 0 Å². The minimum atomic E-state index is -3.52. The van der Waals surface area contributed by atoms with E-state index >= 15 is 0 Å². The van der Waals surface area contributed by atoms with Gasteiger partial charge < -0.3 is 10.2 Å². The van der Waals surface area contributed by atoms with E-state index in [1.807, 2.05) is 11.8 Å². The van der Waals surface area contributed by atoms with Crippen molar-refractivity contribution < 1.29 is 18.0 Å². The third-order valence-corrected chi connectivity index (χ3v) is 8.47. The molecule has 0 aliphatic carbocycles. The van der Waals surface area contributed by atoms with E-state index in [4.69, 9.17) is 0 Å². The molecule has 3 heterocycles. The number of amides is 2. The Morgan fingerprint density at radius 3 is 2.78 bits per heavy atom. The molecule has 2 amide bonds. The number of rotatable bonds is 7. The van der Waals surface area contributed by atoms with Crippen LogP contribution in [0.15, 0.2) is 16.3 Å². The summed E-state index contributed by atoms with van der Waals surface area (Å²) in [7, 11) is -3.52. The molecule has 2 saturated heterocycles. The lowest BCUT2D eigenvalue weighted by molar-refractivity contribution is -0.127. The fraction of sp³-hybridized carbons (Fsp3) is 0.667. The summed E-state index contributed by atoms with van der Waals surface area (Å²) < 4.78 is 27.3. The molecule has 2 aliphatic rings. The quantitative estimate of drug-likeness (QED) is 0.688. The number of piperidine rings is 1. The van der Waals surface area contributed by atoms with E-state index in [2.05, 4.69) is 5.32 Å². The predicted octanol–water partition coefficient (Wildman–Crippen LogP) is 1.59. The molecule has 0 radical (unpaired) electrons. The average Bonchev–Trinajstić information content (AvgIpc) is 3.27. The first kappa shape index (κ1) is 20.3. The number of aryl methyl sites for hydroxylation is 1. The molecule has 1 atom stereocenters. The number of hydrogen-bond donors (Lipinski definition) is 1. The molecule has 2 aliphatic heterocycles. The summed E-state index contributed by atoms with van der Waals surface area (Å²) in [6.07, 6.45) is 3.65. The van der Waals surface area contributed by atoms with Crippen LogP contribution < -0.4 is 5.32 Å². The van der Waals surface area contributed by atoms with Gasteiger partial charge in [-0.2, -0.15) is 4.31 Å². The van der Waals surface area contributed by atoms with Crippen molar-refractivity contribution in [3.8, 4) is 0 Å². The lowest BCUT2D eigenvalue weighted by Gasteiger charge is -2.30. The fourth-order valence-corrected chi connectivity index (χ4v) is 6.58. The van der Waals surface area contributed by atoms with Gasteiger partial charge in [-0.05, 0) is 44.7 Å². The Hall–Kier alpha value is -1.45. The van der Waals surface area contributed by atoms with Gasteiger partial charge in [-0.15, -0.1) is 11.3 Å². The molecule has 150 valence electrons. The van der Waals surface area contributed by atoms with Crippen LogP contribution in [0, 0.1) is 12.8 Å². The average molecular weight is 414 g/mol. The molecular weight excluding hydrogens is 386 g/mol. The fourth-order valence-electron chi connectivity index (χ4n) is 3.62. The zero-order chi connectivity index (χ0) is 19.4. The molecular formula is C18H27N3O4S2.